The molecule has 2 aromatic heterocycles. The third-order valence-electron chi connectivity index (χ3n) is 3.87. The minimum absolute atomic E-state index is 0.0876. The van der Waals surface area contributed by atoms with E-state index in [2.05, 4.69) is 20.4 Å². The third-order valence-corrected chi connectivity index (χ3v) is 3.87. The number of carbonyl (C=O) groups excluding carboxylic acids is 1. The van der Waals surface area contributed by atoms with Crippen LogP contribution in [-0.4, -0.2) is 25.7 Å². The van der Waals surface area contributed by atoms with Crippen LogP contribution in [0.4, 0.5) is 10.2 Å². The van der Waals surface area contributed by atoms with E-state index >= 15 is 0 Å². The first kappa shape index (κ1) is 18.5. The van der Waals surface area contributed by atoms with Crippen LogP contribution >= 0.6 is 0 Å². The first-order chi connectivity index (χ1) is 12.9. The van der Waals surface area contributed by atoms with E-state index in [1.165, 1.54) is 22.9 Å². The number of aromatic amines is 1. The van der Waals surface area contributed by atoms with E-state index < -0.39 is 0 Å². The van der Waals surface area contributed by atoms with Crippen molar-refractivity contribution in [3.63, 3.8) is 0 Å². The molecule has 1 amide bonds. The number of hydrogen-bond acceptors (Lipinski definition) is 4. The van der Waals surface area contributed by atoms with Crippen LogP contribution < -0.4 is 10.9 Å². The molecular weight excluding hydrogens is 349 g/mol. The molecule has 0 fully saturated rings. The van der Waals surface area contributed by atoms with Crippen LogP contribution in [0.5, 0.6) is 0 Å². The predicted octanol–water partition coefficient (Wildman–Crippen LogP) is 2.54. The van der Waals surface area contributed by atoms with Crippen LogP contribution in [0.25, 0.3) is 5.95 Å². The first-order valence-electron chi connectivity index (χ1n) is 8.66. The normalized spacial score (nSPS) is 10.8. The molecule has 2 N–H and O–H groups in total. The molecule has 0 saturated heterocycles. The zero-order valence-electron chi connectivity index (χ0n) is 15.1. The lowest BCUT2D eigenvalue weighted by molar-refractivity contribution is -0.115. The molecule has 8 heteroatoms. The Bertz CT molecular complexity index is 1010. The second kappa shape index (κ2) is 7.94. The van der Waals surface area contributed by atoms with Crippen LogP contribution in [0.1, 0.15) is 30.3 Å². The van der Waals surface area contributed by atoms with Crippen molar-refractivity contribution in [1.82, 2.24) is 19.7 Å². The largest absolute Gasteiger partial charge is 0.310 e. The number of benzene rings is 1. The molecule has 2 heterocycles. The molecule has 0 radical (unpaired) electrons. The lowest BCUT2D eigenvalue weighted by Crippen LogP contribution is -2.20. The van der Waals surface area contributed by atoms with Crippen molar-refractivity contribution in [2.75, 3.05) is 5.32 Å². The van der Waals surface area contributed by atoms with Crippen molar-refractivity contribution in [2.45, 2.75) is 33.1 Å². The average molecular weight is 369 g/mol. The molecule has 0 spiro atoms. The Balaban J connectivity index is 1.84. The van der Waals surface area contributed by atoms with Gasteiger partial charge in [0.05, 0.1) is 12.1 Å². The van der Waals surface area contributed by atoms with E-state index in [-0.39, 0.29) is 29.7 Å². The van der Waals surface area contributed by atoms with Crippen molar-refractivity contribution in [3.05, 3.63) is 69.5 Å². The van der Waals surface area contributed by atoms with E-state index in [0.717, 1.165) is 6.42 Å². The SMILES string of the molecule is CCCc1cc(=O)[nH]c(-n2nc(C)cc2NC(=O)Cc2ccc(F)cc2)n1. The van der Waals surface area contributed by atoms with Gasteiger partial charge in [0.1, 0.15) is 11.6 Å². The number of aryl methyl sites for hydroxylation is 2. The number of H-pyrrole nitrogens is 1. The zero-order valence-corrected chi connectivity index (χ0v) is 15.1. The molecule has 1 aromatic carbocycles. The summed E-state index contributed by atoms with van der Waals surface area (Å²) < 4.78 is 14.4. The topological polar surface area (TPSA) is 92.7 Å². The molecule has 0 atom stereocenters. The molecule has 27 heavy (non-hydrogen) atoms. The Morgan fingerprint density at radius 3 is 2.70 bits per heavy atom. The molecule has 0 unspecified atom stereocenters. The Kier molecular flexibility index (Phi) is 5.44. The van der Waals surface area contributed by atoms with Crippen molar-refractivity contribution in [3.8, 4) is 5.95 Å². The highest BCUT2D eigenvalue weighted by molar-refractivity contribution is 5.91. The monoisotopic (exact) mass is 369 g/mol. The molecule has 7 nitrogen and oxygen atoms in total. The van der Waals surface area contributed by atoms with Gasteiger partial charge >= 0.3 is 0 Å². The summed E-state index contributed by atoms with van der Waals surface area (Å²) in [4.78, 5) is 31.3. The van der Waals surface area contributed by atoms with Crippen LogP contribution in [-0.2, 0) is 17.6 Å². The van der Waals surface area contributed by atoms with Gasteiger partial charge < -0.3 is 5.32 Å². The van der Waals surface area contributed by atoms with Crippen LogP contribution in [0.3, 0.4) is 0 Å². The average Bonchev–Trinajstić information content (AvgIpc) is 2.97. The predicted molar refractivity (Wildman–Crippen MR) is 99.4 cm³/mol. The molecular formula is C19H20FN5O2. The van der Waals surface area contributed by atoms with E-state index in [1.807, 2.05) is 6.92 Å². The maximum absolute atomic E-state index is 13.0. The number of carbonyl (C=O) groups is 1. The van der Waals surface area contributed by atoms with Gasteiger partial charge in [-0.1, -0.05) is 25.5 Å². The maximum Gasteiger partial charge on any atom is 0.252 e. The van der Waals surface area contributed by atoms with E-state index in [1.54, 1.807) is 25.1 Å². The van der Waals surface area contributed by atoms with Gasteiger partial charge in [-0.3, -0.25) is 14.6 Å². The summed E-state index contributed by atoms with van der Waals surface area (Å²) in [5.41, 5.74) is 1.73. The minimum Gasteiger partial charge on any atom is -0.310 e. The summed E-state index contributed by atoms with van der Waals surface area (Å²) in [5, 5.41) is 7.08. The summed E-state index contributed by atoms with van der Waals surface area (Å²) in [6.07, 6.45) is 1.61. The van der Waals surface area contributed by atoms with Gasteiger partial charge in [0.15, 0.2) is 0 Å². The summed E-state index contributed by atoms with van der Waals surface area (Å²) in [5.74, 6) is 0.0113. The Hall–Kier alpha value is -3.29. The van der Waals surface area contributed by atoms with E-state index in [4.69, 9.17) is 0 Å². The Morgan fingerprint density at radius 2 is 2.00 bits per heavy atom. The van der Waals surface area contributed by atoms with Crippen molar-refractivity contribution in [2.24, 2.45) is 0 Å². The van der Waals surface area contributed by atoms with Crippen molar-refractivity contribution < 1.29 is 9.18 Å². The zero-order chi connectivity index (χ0) is 19.4. The number of halogens is 1. The third kappa shape index (κ3) is 4.66. The smallest absolute Gasteiger partial charge is 0.252 e. The van der Waals surface area contributed by atoms with Crippen molar-refractivity contribution >= 4 is 11.7 Å². The molecule has 0 saturated carbocycles. The number of hydrogen-bond donors (Lipinski definition) is 2. The number of aromatic nitrogens is 4. The molecule has 0 bridgehead atoms. The van der Waals surface area contributed by atoms with Gasteiger partial charge in [-0.2, -0.15) is 9.78 Å². The summed E-state index contributed by atoms with van der Waals surface area (Å²) in [6, 6.07) is 8.89. The highest BCUT2D eigenvalue weighted by atomic mass is 19.1. The molecule has 0 aliphatic carbocycles. The quantitative estimate of drug-likeness (QED) is 0.698. The van der Waals surface area contributed by atoms with Gasteiger partial charge in [-0.25, -0.2) is 9.37 Å². The molecule has 3 aromatic rings. The number of amides is 1. The number of anilines is 1. The second-order valence-corrected chi connectivity index (χ2v) is 6.24. The van der Waals surface area contributed by atoms with Crippen LogP contribution in [0.15, 0.2) is 41.2 Å². The fourth-order valence-corrected chi connectivity index (χ4v) is 2.70. The maximum atomic E-state index is 13.0. The van der Waals surface area contributed by atoms with Gasteiger partial charge in [-0.15, -0.1) is 0 Å². The van der Waals surface area contributed by atoms with Crippen LogP contribution in [0, 0.1) is 12.7 Å². The molecule has 140 valence electrons. The second-order valence-electron chi connectivity index (χ2n) is 6.24. The lowest BCUT2D eigenvalue weighted by atomic mass is 10.1. The summed E-state index contributed by atoms with van der Waals surface area (Å²) >= 11 is 0. The number of nitrogens with one attached hydrogen (secondary N) is 2. The summed E-state index contributed by atoms with van der Waals surface area (Å²) in [6.45, 7) is 3.78. The Labute approximate surface area is 155 Å². The highest BCUT2D eigenvalue weighted by Gasteiger charge is 2.14. The minimum atomic E-state index is -0.352. The molecule has 3 rings (SSSR count). The molecule has 0 aliphatic rings. The number of nitrogens with zero attached hydrogens (tertiary/aromatic N) is 3. The van der Waals surface area contributed by atoms with Crippen LogP contribution in [0.2, 0.25) is 0 Å². The van der Waals surface area contributed by atoms with Gasteiger partial charge in [0, 0.05) is 17.8 Å². The first-order valence-corrected chi connectivity index (χ1v) is 8.66. The van der Waals surface area contributed by atoms with Gasteiger partial charge in [0.25, 0.3) is 5.56 Å². The fraction of sp³-hybridized carbons (Fsp3) is 0.263. The van der Waals surface area contributed by atoms with Gasteiger partial charge in [-0.05, 0) is 31.0 Å². The van der Waals surface area contributed by atoms with E-state index in [9.17, 15) is 14.0 Å². The lowest BCUT2D eigenvalue weighted by Gasteiger charge is -2.09. The number of rotatable bonds is 6. The highest BCUT2D eigenvalue weighted by Crippen LogP contribution is 2.15. The molecule has 0 aliphatic heterocycles. The fourth-order valence-electron chi connectivity index (χ4n) is 2.70. The summed E-state index contributed by atoms with van der Waals surface area (Å²) in [7, 11) is 0. The standard InChI is InChI=1S/C19H20FN5O2/c1-3-4-15-11-18(27)23-19(21-15)25-16(9-12(2)24-25)22-17(26)10-13-5-7-14(20)8-6-13/h5-9,11H,3-4,10H2,1-2H3,(H,22,26)(H,21,23,27). The Morgan fingerprint density at radius 1 is 1.26 bits per heavy atom. The van der Waals surface area contributed by atoms with E-state index in [0.29, 0.717) is 29.2 Å². The van der Waals surface area contributed by atoms with Gasteiger partial charge in [0.2, 0.25) is 11.9 Å². The van der Waals surface area contributed by atoms with Crippen molar-refractivity contribution in [1.29, 1.82) is 0 Å².